The summed E-state index contributed by atoms with van der Waals surface area (Å²) in [4.78, 5) is 12.3. The molecule has 2 aromatic rings. The number of halogens is 2. The van der Waals surface area contributed by atoms with Gasteiger partial charge in [0.15, 0.2) is 9.84 Å². The summed E-state index contributed by atoms with van der Waals surface area (Å²) in [6.07, 6.45) is 1.09. The van der Waals surface area contributed by atoms with Crippen LogP contribution in [0.25, 0.3) is 0 Å². The number of hydrogen-bond acceptors (Lipinski definition) is 3. The minimum Gasteiger partial charge on any atom is -0.321 e. The van der Waals surface area contributed by atoms with Gasteiger partial charge in [-0.15, -0.1) is 0 Å². The minimum absolute atomic E-state index is 0.0754. The number of rotatable bonds is 3. The molecule has 21 heavy (non-hydrogen) atoms. The Morgan fingerprint density at radius 2 is 1.86 bits per heavy atom. The zero-order valence-electron chi connectivity index (χ0n) is 10.9. The summed E-state index contributed by atoms with van der Waals surface area (Å²) in [5, 5.41) is 3.09. The first-order chi connectivity index (χ1) is 9.79. The van der Waals surface area contributed by atoms with Crippen LogP contribution in [0.2, 0.25) is 5.02 Å². The number of amides is 1. The molecule has 1 amide bonds. The third kappa shape index (κ3) is 3.84. The Morgan fingerprint density at radius 3 is 2.48 bits per heavy atom. The maximum Gasteiger partial charge on any atom is 0.255 e. The van der Waals surface area contributed by atoms with Crippen LogP contribution in [-0.2, 0) is 9.84 Å². The largest absolute Gasteiger partial charge is 0.321 e. The highest BCUT2D eigenvalue weighted by molar-refractivity contribution is 9.10. The van der Waals surface area contributed by atoms with E-state index in [4.69, 9.17) is 11.6 Å². The van der Waals surface area contributed by atoms with Crippen molar-refractivity contribution in [2.45, 2.75) is 4.90 Å². The molecule has 110 valence electrons. The van der Waals surface area contributed by atoms with Gasteiger partial charge in [0.05, 0.1) is 15.6 Å². The number of carbonyl (C=O) groups excluding carboxylic acids is 1. The molecule has 0 aliphatic carbocycles. The number of para-hydroxylation sites is 1. The van der Waals surface area contributed by atoms with Gasteiger partial charge in [0.1, 0.15) is 0 Å². The Balaban J connectivity index is 2.34. The van der Waals surface area contributed by atoms with Crippen LogP contribution < -0.4 is 5.32 Å². The van der Waals surface area contributed by atoms with Gasteiger partial charge in [0.2, 0.25) is 0 Å². The SMILES string of the molecule is CS(=O)(=O)c1ccccc1NC(=O)c1ccc(Cl)c(Br)c1. The molecule has 0 aliphatic heterocycles. The molecule has 0 fully saturated rings. The van der Waals surface area contributed by atoms with Gasteiger partial charge in [0, 0.05) is 16.3 Å². The zero-order valence-corrected chi connectivity index (χ0v) is 14.1. The first kappa shape index (κ1) is 16.0. The van der Waals surface area contributed by atoms with E-state index < -0.39 is 15.7 Å². The van der Waals surface area contributed by atoms with Crippen LogP contribution >= 0.6 is 27.5 Å². The minimum atomic E-state index is -3.42. The molecule has 0 aliphatic rings. The molecule has 7 heteroatoms. The van der Waals surface area contributed by atoms with Crippen molar-refractivity contribution in [1.29, 1.82) is 0 Å². The molecule has 2 aromatic carbocycles. The number of hydrogen-bond donors (Lipinski definition) is 1. The van der Waals surface area contributed by atoms with E-state index >= 15 is 0 Å². The molecule has 0 saturated carbocycles. The summed E-state index contributed by atoms with van der Waals surface area (Å²) in [5.74, 6) is -0.413. The van der Waals surface area contributed by atoms with Crippen LogP contribution in [-0.4, -0.2) is 20.6 Å². The lowest BCUT2D eigenvalue weighted by Crippen LogP contribution is -2.14. The topological polar surface area (TPSA) is 63.2 Å². The fourth-order valence-corrected chi connectivity index (χ4v) is 3.07. The Morgan fingerprint density at radius 1 is 1.19 bits per heavy atom. The molecule has 2 rings (SSSR count). The average Bonchev–Trinajstić information content (AvgIpc) is 2.41. The summed E-state index contributed by atoms with van der Waals surface area (Å²) in [6, 6.07) is 11.0. The van der Waals surface area contributed by atoms with Crippen LogP contribution in [0.5, 0.6) is 0 Å². The van der Waals surface area contributed by atoms with Crippen LogP contribution in [0.1, 0.15) is 10.4 Å². The van der Waals surface area contributed by atoms with Gasteiger partial charge in [0.25, 0.3) is 5.91 Å². The third-order valence-electron chi connectivity index (χ3n) is 2.72. The van der Waals surface area contributed by atoms with Gasteiger partial charge < -0.3 is 5.32 Å². The van der Waals surface area contributed by atoms with E-state index in [0.29, 0.717) is 15.1 Å². The fraction of sp³-hybridized carbons (Fsp3) is 0.0714. The molecule has 0 radical (unpaired) electrons. The second-order valence-electron chi connectivity index (χ2n) is 4.35. The average molecular weight is 389 g/mol. The Labute approximate surface area is 136 Å². The van der Waals surface area contributed by atoms with Gasteiger partial charge in [-0.05, 0) is 46.3 Å². The van der Waals surface area contributed by atoms with Crippen molar-refractivity contribution in [3.8, 4) is 0 Å². The van der Waals surface area contributed by atoms with Crippen molar-refractivity contribution < 1.29 is 13.2 Å². The van der Waals surface area contributed by atoms with E-state index in [-0.39, 0.29) is 10.6 Å². The van der Waals surface area contributed by atoms with Gasteiger partial charge >= 0.3 is 0 Å². The number of nitrogens with one attached hydrogen (secondary N) is 1. The molecular formula is C14H11BrClNO3S. The summed E-state index contributed by atoms with van der Waals surface area (Å²) in [7, 11) is -3.42. The van der Waals surface area contributed by atoms with Crippen molar-refractivity contribution in [2.24, 2.45) is 0 Å². The monoisotopic (exact) mass is 387 g/mol. The lowest BCUT2D eigenvalue weighted by molar-refractivity contribution is 0.102. The number of benzene rings is 2. The molecule has 0 spiro atoms. The summed E-state index contributed by atoms with van der Waals surface area (Å²) in [5.41, 5.74) is 0.616. The number of sulfone groups is 1. The molecule has 0 aromatic heterocycles. The summed E-state index contributed by atoms with van der Waals surface area (Å²) >= 11 is 9.11. The zero-order chi connectivity index (χ0) is 15.6. The summed E-state index contributed by atoms with van der Waals surface area (Å²) < 4.78 is 24.0. The molecule has 0 atom stereocenters. The lowest BCUT2D eigenvalue weighted by Gasteiger charge is -2.10. The van der Waals surface area contributed by atoms with Gasteiger partial charge in [-0.3, -0.25) is 4.79 Å². The fourth-order valence-electron chi connectivity index (χ4n) is 1.73. The predicted molar refractivity (Wildman–Crippen MR) is 86.7 cm³/mol. The Bertz CT molecular complexity index is 806. The quantitative estimate of drug-likeness (QED) is 0.871. The van der Waals surface area contributed by atoms with Crippen molar-refractivity contribution in [1.82, 2.24) is 0 Å². The first-order valence-electron chi connectivity index (χ1n) is 5.84. The molecule has 4 nitrogen and oxygen atoms in total. The number of anilines is 1. The highest BCUT2D eigenvalue weighted by Crippen LogP contribution is 2.25. The molecule has 0 heterocycles. The predicted octanol–water partition coefficient (Wildman–Crippen LogP) is 3.76. The van der Waals surface area contributed by atoms with Crippen LogP contribution in [0.3, 0.4) is 0 Å². The Hall–Kier alpha value is -1.37. The molecule has 0 bridgehead atoms. The first-order valence-corrected chi connectivity index (χ1v) is 8.91. The molecule has 1 N–H and O–H groups in total. The van der Waals surface area contributed by atoms with E-state index in [0.717, 1.165) is 6.26 Å². The van der Waals surface area contributed by atoms with Crippen LogP contribution in [0.4, 0.5) is 5.69 Å². The summed E-state index contributed by atoms with van der Waals surface area (Å²) in [6.45, 7) is 0. The van der Waals surface area contributed by atoms with Crippen molar-refractivity contribution in [3.05, 3.63) is 57.5 Å². The Kier molecular flexibility index (Phi) is 4.70. The highest BCUT2D eigenvalue weighted by Gasteiger charge is 2.15. The second kappa shape index (κ2) is 6.17. The number of carbonyl (C=O) groups is 1. The third-order valence-corrected chi connectivity index (χ3v) is 5.09. The van der Waals surface area contributed by atoms with Gasteiger partial charge in [-0.2, -0.15) is 0 Å². The van der Waals surface area contributed by atoms with Gasteiger partial charge in [-0.25, -0.2) is 8.42 Å². The van der Waals surface area contributed by atoms with Crippen molar-refractivity contribution >= 4 is 49.0 Å². The van der Waals surface area contributed by atoms with Gasteiger partial charge in [-0.1, -0.05) is 23.7 Å². The van der Waals surface area contributed by atoms with E-state index in [2.05, 4.69) is 21.2 Å². The maximum atomic E-state index is 12.2. The van der Waals surface area contributed by atoms with Crippen molar-refractivity contribution in [3.63, 3.8) is 0 Å². The lowest BCUT2D eigenvalue weighted by atomic mass is 10.2. The molecule has 0 saturated heterocycles. The standard InChI is InChI=1S/C14H11BrClNO3S/c1-21(19,20)13-5-3-2-4-12(13)17-14(18)9-6-7-11(16)10(15)8-9/h2-8H,1H3,(H,17,18). The molecule has 0 unspecified atom stereocenters. The highest BCUT2D eigenvalue weighted by atomic mass is 79.9. The van der Waals surface area contributed by atoms with E-state index in [1.165, 1.54) is 6.07 Å². The van der Waals surface area contributed by atoms with E-state index in [9.17, 15) is 13.2 Å². The van der Waals surface area contributed by atoms with Crippen LogP contribution in [0.15, 0.2) is 51.8 Å². The second-order valence-corrected chi connectivity index (χ2v) is 7.60. The van der Waals surface area contributed by atoms with E-state index in [1.54, 1.807) is 36.4 Å². The van der Waals surface area contributed by atoms with E-state index in [1.807, 2.05) is 0 Å². The van der Waals surface area contributed by atoms with Crippen LogP contribution in [0, 0.1) is 0 Å². The molecular weight excluding hydrogens is 378 g/mol. The smallest absolute Gasteiger partial charge is 0.255 e. The van der Waals surface area contributed by atoms with Crippen molar-refractivity contribution in [2.75, 3.05) is 11.6 Å². The maximum absolute atomic E-state index is 12.2. The normalized spacial score (nSPS) is 11.2.